The van der Waals surface area contributed by atoms with Crippen molar-refractivity contribution in [3.8, 4) is 32.6 Å². The number of alkyl carbamates (subject to hydrolysis) is 2. The molecule has 310 valence electrons. The van der Waals surface area contributed by atoms with Gasteiger partial charge in [-0.05, 0) is 49.7 Å². The van der Waals surface area contributed by atoms with Gasteiger partial charge in [-0.1, -0.05) is 27.7 Å². The second-order valence-electron chi connectivity index (χ2n) is 15.2. The number of nitrogens with one attached hydrogen (secondary N) is 4. The zero-order valence-corrected chi connectivity index (χ0v) is 35.5. The number of fused-ring (bicyclic) bond motifs is 2. The monoisotopic (exact) mass is 834 g/mol. The van der Waals surface area contributed by atoms with Gasteiger partial charge in [0.25, 0.3) is 0 Å². The minimum Gasteiger partial charge on any atom is -0.495 e. The zero-order valence-electron chi connectivity index (χ0n) is 33.9. The Hall–Kier alpha value is -5.36. The minimum absolute atomic E-state index is 0.131. The van der Waals surface area contributed by atoms with Crippen LogP contribution in [0, 0.1) is 11.8 Å². The molecule has 2 fully saturated rings. The van der Waals surface area contributed by atoms with Crippen molar-refractivity contribution in [1.29, 1.82) is 0 Å². The predicted octanol–water partition coefficient (Wildman–Crippen LogP) is 7.00. The van der Waals surface area contributed by atoms with Crippen molar-refractivity contribution >= 4 is 66.8 Å². The molecule has 4 amide bonds. The van der Waals surface area contributed by atoms with Crippen LogP contribution in [0.4, 0.5) is 9.59 Å². The molecule has 58 heavy (non-hydrogen) atoms. The number of hydrogen-bond acceptors (Lipinski definition) is 12. The van der Waals surface area contributed by atoms with E-state index in [-0.39, 0.29) is 35.7 Å². The number of imidazole rings is 2. The molecule has 1 aromatic carbocycles. The van der Waals surface area contributed by atoms with E-state index in [0.29, 0.717) is 24.7 Å². The third-order valence-corrected chi connectivity index (χ3v) is 13.3. The van der Waals surface area contributed by atoms with Crippen molar-refractivity contribution in [3.05, 3.63) is 36.2 Å². The molecular weight excluding hydrogens is 785 g/mol. The van der Waals surface area contributed by atoms with Crippen LogP contribution < -0.4 is 20.1 Å². The molecule has 2 aliphatic heterocycles. The quantitative estimate of drug-likeness (QED) is 0.102. The Kier molecular flexibility index (Phi) is 11.9. The fourth-order valence-corrected chi connectivity index (χ4v) is 10.3. The highest BCUT2D eigenvalue weighted by Crippen LogP contribution is 2.52. The summed E-state index contributed by atoms with van der Waals surface area (Å²) in [5.41, 5.74) is 1.61. The molecule has 18 heteroatoms. The van der Waals surface area contributed by atoms with Crippen molar-refractivity contribution in [2.45, 2.75) is 77.5 Å². The molecule has 1 unspecified atom stereocenters. The summed E-state index contributed by atoms with van der Waals surface area (Å²) in [7, 11) is 5.89. The standard InChI is InChI=1S/C40H50N8O8S2/c1-19(2)29(45-39(51)55-7)37(49)47-13-9-11-25(47)35-41-17-23(43-35)27-15-21-31(53-5)34-22(32(54-6)33(21)57-27)16-28(58-34)24-18-42-36(44-24)26-12-10-14-48(26)38(50)30(20(3)4)46-40(52)56-8/h15-20,25-26,29-30H,9-14H2,1-8H3,(H,41,43)(H,42,44)(H,45,51)(H,46,52)/t25-,26-,29-,30?/m0/s1. The number of methoxy groups -OCH3 is 4. The molecule has 4 N–H and O–H groups in total. The summed E-state index contributed by atoms with van der Waals surface area (Å²) < 4.78 is 23.6. The van der Waals surface area contributed by atoms with Crippen LogP contribution in [-0.2, 0) is 19.1 Å². The number of nitrogens with zero attached hydrogens (tertiary/aromatic N) is 4. The number of carbonyl (C=O) groups is 4. The van der Waals surface area contributed by atoms with E-state index in [1.54, 1.807) is 59.1 Å². The number of benzene rings is 1. The lowest BCUT2D eigenvalue weighted by atomic mass is 10.0. The second kappa shape index (κ2) is 16.9. The Morgan fingerprint density at radius 3 is 1.43 bits per heavy atom. The van der Waals surface area contributed by atoms with E-state index in [0.717, 1.165) is 78.5 Å². The summed E-state index contributed by atoms with van der Waals surface area (Å²) in [6.07, 6.45) is 5.43. The van der Waals surface area contributed by atoms with Crippen LogP contribution in [0.1, 0.15) is 77.1 Å². The normalized spacial score (nSPS) is 18.0. The van der Waals surface area contributed by atoms with Crippen LogP contribution >= 0.6 is 22.7 Å². The average molecular weight is 835 g/mol. The molecule has 0 bridgehead atoms. The molecule has 6 heterocycles. The number of thiophene rings is 2. The molecule has 0 saturated carbocycles. The van der Waals surface area contributed by atoms with Crippen molar-refractivity contribution < 1.29 is 38.1 Å². The fraction of sp³-hybridized carbons (Fsp3) is 0.500. The van der Waals surface area contributed by atoms with Crippen LogP contribution in [0.15, 0.2) is 24.5 Å². The van der Waals surface area contributed by atoms with E-state index in [1.807, 2.05) is 27.7 Å². The van der Waals surface area contributed by atoms with Crippen LogP contribution in [0.2, 0.25) is 0 Å². The topological polar surface area (TPSA) is 193 Å². The number of H-pyrrole nitrogens is 2. The first-order valence-electron chi connectivity index (χ1n) is 19.4. The van der Waals surface area contributed by atoms with Gasteiger partial charge in [-0.2, -0.15) is 0 Å². The van der Waals surface area contributed by atoms with Gasteiger partial charge in [0.1, 0.15) is 35.2 Å². The number of aromatic amines is 2. The predicted molar refractivity (Wildman–Crippen MR) is 221 cm³/mol. The lowest BCUT2D eigenvalue weighted by Crippen LogP contribution is -2.51. The maximum atomic E-state index is 13.7. The second-order valence-corrected chi connectivity index (χ2v) is 17.3. The third kappa shape index (κ3) is 7.54. The maximum Gasteiger partial charge on any atom is 0.407 e. The number of ether oxygens (including phenoxy) is 4. The molecule has 4 aromatic heterocycles. The largest absolute Gasteiger partial charge is 0.495 e. The van der Waals surface area contributed by atoms with E-state index >= 15 is 0 Å². The molecule has 5 aromatic rings. The highest BCUT2D eigenvalue weighted by Gasteiger charge is 2.39. The zero-order chi connectivity index (χ0) is 41.4. The molecule has 2 saturated heterocycles. The Bertz CT molecular complexity index is 2120. The molecule has 7 rings (SSSR count). The lowest BCUT2D eigenvalue weighted by molar-refractivity contribution is -0.136. The summed E-state index contributed by atoms with van der Waals surface area (Å²) in [6, 6.07) is 2.19. The first kappa shape index (κ1) is 40.8. The van der Waals surface area contributed by atoms with Gasteiger partial charge in [0, 0.05) is 23.9 Å². The van der Waals surface area contributed by atoms with Gasteiger partial charge in [0.2, 0.25) is 11.8 Å². The van der Waals surface area contributed by atoms with Gasteiger partial charge >= 0.3 is 12.2 Å². The first-order chi connectivity index (χ1) is 27.9. The van der Waals surface area contributed by atoms with Gasteiger partial charge in [-0.3, -0.25) is 9.59 Å². The molecule has 0 spiro atoms. The Morgan fingerprint density at radius 2 is 1.09 bits per heavy atom. The highest BCUT2D eigenvalue weighted by molar-refractivity contribution is 7.24. The highest BCUT2D eigenvalue weighted by atomic mass is 32.1. The van der Waals surface area contributed by atoms with E-state index in [4.69, 9.17) is 28.9 Å². The number of amides is 4. The Morgan fingerprint density at radius 1 is 0.690 bits per heavy atom. The number of carbonyl (C=O) groups excluding carboxylic acids is 4. The summed E-state index contributed by atoms with van der Waals surface area (Å²) in [5, 5.41) is 7.19. The summed E-state index contributed by atoms with van der Waals surface area (Å²) in [4.78, 5) is 73.4. The fourth-order valence-electron chi connectivity index (χ4n) is 8.02. The maximum absolute atomic E-state index is 13.7. The van der Waals surface area contributed by atoms with Crippen molar-refractivity contribution in [2.75, 3.05) is 41.5 Å². The Labute approximate surface area is 344 Å². The van der Waals surface area contributed by atoms with Gasteiger partial charge in [-0.15, -0.1) is 22.7 Å². The van der Waals surface area contributed by atoms with Crippen LogP contribution in [0.25, 0.3) is 41.3 Å². The van der Waals surface area contributed by atoms with Crippen molar-refractivity contribution in [2.24, 2.45) is 11.8 Å². The van der Waals surface area contributed by atoms with E-state index in [2.05, 4.69) is 32.7 Å². The van der Waals surface area contributed by atoms with E-state index in [9.17, 15) is 19.2 Å². The van der Waals surface area contributed by atoms with E-state index < -0.39 is 24.3 Å². The minimum atomic E-state index is -0.719. The van der Waals surface area contributed by atoms with Gasteiger partial charge in [0.05, 0.1) is 83.5 Å². The third-order valence-electron chi connectivity index (χ3n) is 11.0. The van der Waals surface area contributed by atoms with Crippen LogP contribution in [0.3, 0.4) is 0 Å². The summed E-state index contributed by atoms with van der Waals surface area (Å²) in [5.74, 6) is 2.22. The van der Waals surface area contributed by atoms with Crippen LogP contribution in [0.5, 0.6) is 11.5 Å². The molecule has 0 radical (unpaired) electrons. The van der Waals surface area contributed by atoms with Crippen molar-refractivity contribution in [3.63, 3.8) is 0 Å². The Balaban J connectivity index is 1.16. The van der Waals surface area contributed by atoms with Gasteiger partial charge in [0.15, 0.2) is 0 Å². The number of aromatic nitrogens is 4. The smallest absolute Gasteiger partial charge is 0.407 e. The molecule has 16 nitrogen and oxygen atoms in total. The summed E-state index contributed by atoms with van der Waals surface area (Å²) >= 11 is 3.12. The summed E-state index contributed by atoms with van der Waals surface area (Å²) in [6.45, 7) is 8.70. The van der Waals surface area contributed by atoms with Crippen LogP contribution in [-0.4, -0.2) is 107 Å². The molecule has 0 aliphatic carbocycles. The molecule has 2 aliphatic rings. The number of rotatable bonds is 12. The lowest BCUT2D eigenvalue weighted by Gasteiger charge is -2.30. The molecule has 4 atom stereocenters. The molecular formula is C40H50N8O8S2. The first-order valence-corrected chi connectivity index (χ1v) is 21.0. The number of likely N-dealkylation sites (tertiary alicyclic amines) is 2. The average Bonchev–Trinajstić information content (AvgIpc) is 4.05. The van der Waals surface area contributed by atoms with E-state index in [1.165, 1.54) is 14.2 Å². The van der Waals surface area contributed by atoms with Gasteiger partial charge < -0.3 is 49.3 Å². The SMILES string of the molecule is COC(=O)NC(C(=O)N1CCC[C@H]1c1ncc(-c2cc3c(OC)c4sc(-c5cnc([C@@H]6CCCN6C(=O)[C@@H](NC(=O)OC)C(C)C)[nH]5)cc4c(OC)c3s2)[nH]1)C(C)C. The number of hydrogen-bond donors (Lipinski definition) is 4. The van der Waals surface area contributed by atoms with Crippen molar-refractivity contribution in [1.82, 2.24) is 40.4 Å². The van der Waals surface area contributed by atoms with Gasteiger partial charge in [-0.25, -0.2) is 19.6 Å².